The van der Waals surface area contributed by atoms with E-state index in [1.165, 1.54) is 5.56 Å². The molecule has 1 aliphatic heterocycles. The summed E-state index contributed by atoms with van der Waals surface area (Å²) in [6.07, 6.45) is 6.43. The van der Waals surface area contributed by atoms with Gasteiger partial charge in [-0.1, -0.05) is 52.0 Å². The van der Waals surface area contributed by atoms with Gasteiger partial charge in [0, 0.05) is 18.3 Å². The summed E-state index contributed by atoms with van der Waals surface area (Å²) in [6.45, 7) is 11.3. The van der Waals surface area contributed by atoms with Gasteiger partial charge >= 0.3 is 5.97 Å². The molecule has 1 unspecified atom stereocenters. The number of hydrogen-bond donors (Lipinski definition) is 3. The van der Waals surface area contributed by atoms with Crippen LogP contribution in [-0.2, 0) is 20.8 Å². The van der Waals surface area contributed by atoms with E-state index >= 15 is 0 Å². The molecule has 1 aliphatic rings. The minimum atomic E-state index is -2.08. The number of amides is 2. The fourth-order valence-electron chi connectivity index (χ4n) is 2.17. The number of halogens is 1. The number of nitrogens with two attached hydrogens (primary N) is 2. The van der Waals surface area contributed by atoms with Crippen molar-refractivity contribution in [3.05, 3.63) is 42.0 Å². The van der Waals surface area contributed by atoms with Crippen molar-refractivity contribution in [3.63, 3.8) is 0 Å². The maximum Gasteiger partial charge on any atom is 0.340 e. The summed E-state index contributed by atoms with van der Waals surface area (Å²) >= 11 is 0. The van der Waals surface area contributed by atoms with E-state index in [2.05, 4.69) is 39.5 Å². The van der Waals surface area contributed by atoms with Crippen LogP contribution in [-0.4, -0.2) is 41.6 Å². The van der Waals surface area contributed by atoms with Gasteiger partial charge in [-0.2, -0.15) is 0 Å². The number of para-hydroxylation sites is 1. The van der Waals surface area contributed by atoms with Gasteiger partial charge in [0.2, 0.25) is 12.1 Å². The van der Waals surface area contributed by atoms with E-state index in [-0.39, 0.29) is 18.4 Å². The van der Waals surface area contributed by atoms with Gasteiger partial charge in [0.1, 0.15) is 0 Å². The maximum atomic E-state index is 12.1. The molecule has 8 heteroatoms. The van der Waals surface area contributed by atoms with E-state index in [9.17, 15) is 14.0 Å². The van der Waals surface area contributed by atoms with Crippen LogP contribution in [0.1, 0.15) is 59.9 Å². The van der Waals surface area contributed by atoms with Gasteiger partial charge in [-0.15, -0.1) is 0 Å². The molecule has 1 aromatic rings. The zero-order valence-electron chi connectivity index (χ0n) is 20.2. The molecule has 0 saturated carbocycles. The first-order chi connectivity index (χ1) is 14.8. The lowest BCUT2D eigenvalue weighted by molar-refractivity contribution is -0.148. The Morgan fingerprint density at radius 3 is 2.16 bits per heavy atom. The molecule has 0 fully saturated rings. The molecule has 182 valence electrons. The van der Waals surface area contributed by atoms with Gasteiger partial charge in [-0.3, -0.25) is 9.59 Å². The van der Waals surface area contributed by atoms with Gasteiger partial charge in [0.15, 0.2) is 0 Å². The average molecular weight is 454 g/mol. The molecule has 0 aromatic heterocycles. The van der Waals surface area contributed by atoms with Crippen molar-refractivity contribution in [1.29, 1.82) is 0 Å². The number of benzene rings is 1. The lowest BCUT2D eigenvalue weighted by Crippen LogP contribution is -2.27. The van der Waals surface area contributed by atoms with Crippen LogP contribution in [0.4, 0.5) is 10.1 Å². The minimum Gasteiger partial charge on any atom is -0.479 e. The highest BCUT2D eigenvalue weighted by Gasteiger charge is 2.25. The number of fused-ring (bicyclic) bond motifs is 1. The highest BCUT2D eigenvalue weighted by atomic mass is 19.1. The Kier molecular flexibility index (Phi) is 16.6. The number of primary amides is 1. The quantitative estimate of drug-likeness (QED) is 0.461. The summed E-state index contributed by atoms with van der Waals surface area (Å²) in [7, 11) is 0. The fraction of sp³-hybridized carbons (Fsp3) is 0.542. The molecule has 0 bridgehead atoms. The number of nitrogens with zero attached hydrogens (tertiary/aromatic N) is 1. The summed E-state index contributed by atoms with van der Waals surface area (Å²) in [5, 5.41) is 7.88. The molecular formula is C24H40FN3O4. The van der Waals surface area contributed by atoms with E-state index in [1.54, 1.807) is 6.08 Å². The van der Waals surface area contributed by atoms with Gasteiger partial charge in [0.05, 0.1) is 0 Å². The fourth-order valence-corrected chi connectivity index (χ4v) is 2.17. The lowest BCUT2D eigenvalue weighted by atomic mass is 10.1. The molecule has 1 atom stereocenters. The Morgan fingerprint density at radius 1 is 1.25 bits per heavy atom. The Hall–Kier alpha value is -2.74. The number of hydrogen-bond acceptors (Lipinski definition) is 4. The number of aliphatic carboxylic acids is 1. The van der Waals surface area contributed by atoms with Crippen LogP contribution < -0.4 is 16.4 Å². The van der Waals surface area contributed by atoms with Crippen LogP contribution >= 0.6 is 0 Å². The molecule has 32 heavy (non-hydrogen) atoms. The average Bonchev–Trinajstić information content (AvgIpc) is 3.12. The van der Waals surface area contributed by atoms with Crippen LogP contribution in [0, 0.1) is 5.92 Å². The highest BCUT2D eigenvalue weighted by Crippen LogP contribution is 2.27. The van der Waals surface area contributed by atoms with Gasteiger partial charge in [0.25, 0.3) is 5.91 Å². The number of carboxylic acids is 1. The van der Waals surface area contributed by atoms with Crippen LogP contribution in [0.15, 0.2) is 36.4 Å². The third kappa shape index (κ3) is 15.1. The summed E-state index contributed by atoms with van der Waals surface area (Å²) in [6, 6.07) is 8.23. The van der Waals surface area contributed by atoms with Crippen molar-refractivity contribution < 1.29 is 23.9 Å². The lowest BCUT2D eigenvalue weighted by Gasteiger charge is -2.14. The van der Waals surface area contributed by atoms with E-state index in [0.29, 0.717) is 0 Å². The normalized spacial score (nSPS) is 13.0. The zero-order valence-corrected chi connectivity index (χ0v) is 20.2. The number of rotatable bonds is 5. The number of anilines is 1. The summed E-state index contributed by atoms with van der Waals surface area (Å²) < 4.78 is 11.9. The second-order valence-electron chi connectivity index (χ2n) is 8.32. The van der Waals surface area contributed by atoms with Gasteiger partial charge in [-0.25, -0.2) is 9.18 Å². The number of carbonyl (C=O) groups excluding carboxylic acids is 2. The molecule has 7 nitrogen and oxygen atoms in total. The van der Waals surface area contributed by atoms with Crippen molar-refractivity contribution in [3.8, 4) is 0 Å². The molecular weight excluding hydrogens is 413 g/mol. The predicted molar refractivity (Wildman–Crippen MR) is 128 cm³/mol. The molecule has 0 aliphatic carbocycles. The Balaban J connectivity index is 0. The number of carbonyl (C=O) groups is 3. The summed E-state index contributed by atoms with van der Waals surface area (Å²) in [5.74, 6) is -0.532. The van der Waals surface area contributed by atoms with Crippen molar-refractivity contribution in [2.45, 2.75) is 72.5 Å². The molecule has 5 N–H and O–H groups in total. The molecule has 0 spiro atoms. The van der Waals surface area contributed by atoms with Gasteiger partial charge in [-0.05, 0) is 56.7 Å². The van der Waals surface area contributed by atoms with Gasteiger partial charge < -0.3 is 21.5 Å². The first-order valence-corrected chi connectivity index (χ1v) is 10.7. The van der Waals surface area contributed by atoms with Crippen molar-refractivity contribution in [2.75, 3.05) is 11.4 Å². The second-order valence-corrected chi connectivity index (χ2v) is 8.32. The second kappa shape index (κ2) is 16.9. The predicted octanol–water partition coefficient (Wildman–Crippen LogP) is 3.84. The Labute approximate surface area is 191 Å². The monoisotopic (exact) mass is 453 g/mol. The highest BCUT2D eigenvalue weighted by molar-refractivity contribution is 6.02. The minimum absolute atomic E-state index is 0.0586. The van der Waals surface area contributed by atoms with Crippen molar-refractivity contribution in [2.24, 2.45) is 17.4 Å². The largest absolute Gasteiger partial charge is 0.479 e. The van der Waals surface area contributed by atoms with Crippen LogP contribution in [0.2, 0.25) is 0 Å². The van der Waals surface area contributed by atoms with Crippen molar-refractivity contribution >= 4 is 24.0 Å². The van der Waals surface area contributed by atoms with Crippen molar-refractivity contribution in [1.82, 2.24) is 0 Å². The third-order valence-electron chi connectivity index (χ3n) is 3.89. The number of alkyl halides is 1. The maximum absolute atomic E-state index is 12.1. The molecule has 0 radical (unpaired) electrons. The van der Waals surface area contributed by atoms with Crippen LogP contribution in [0.25, 0.3) is 0 Å². The topological polar surface area (TPSA) is 127 Å². The summed E-state index contributed by atoms with van der Waals surface area (Å²) in [4.78, 5) is 32.1. The molecule has 2 amide bonds. The molecule has 2 rings (SSSR count). The SMILES string of the molecule is CC(C)(F)C(=O)O.CC(C)C.CCC(N)C/C=C/C(=O)N1CCc2ccccc21.NC=O. The van der Waals surface area contributed by atoms with E-state index in [0.717, 1.165) is 51.3 Å². The van der Waals surface area contributed by atoms with E-state index in [1.807, 2.05) is 29.2 Å². The van der Waals surface area contributed by atoms with Crippen LogP contribution in [0.3, 0.4) is 0 Å². The summed E-state index contributed by atoms with van der Waals surface area (Å²) in [5.41, 5.74) is 10.2. The molecule has 1 heterocycles. The van der Waals surface area contributed by atoms with E-state index in [4.69, 9.17) is 15.6 Å². The van der Waals surface area contributed by atoms with Crippen LogP contribution in [0.5, 0.6) is 0 Å². The Bertz CT molecular complexity index is 713. The first-order valence-electron chi connectivity index (χ1n) is 10.7. The smallest absolute Gasteiger partial charge is 0.340 e. The third-order valence-corrected chi connectivity index (χ3v) is 3.89. The Morgan fingerprint density at radius 2 is 1.72 bits per heavy atom. The molecule has 1 aromatic carbocycles. The molecule has 0 saturated heterocycles. The van der Waals surface area contributed by atoms with E-state index < -0.39 is 11.6 Å². The standard InChI is InChI=1S/C15H20N2O.C4H7FO2.C4H10.CH3NO/c1-2-13(16)7-5-9-15(18)17-11-10-12-6-3-4-8-14(12)17;1-4(2,5)3(6)7;1-4(2)3;2-1-3/h3-6,8-9,13H,2,7,10-11,16H2,1H3;1-2H3,(H,6,7);4H,1-3H3;1H,(H2,2,3)/b9-5+;;;. The number of carboxylic acid groups (broad SMARTS) is 1. The first kappa shape index (κ1) is 31.4. The zero-order chi connectivity index (χ0) is 25.3.